The maximum atomic E-state index is 11.2. The highest BCUT2D eigenvalue weighted by Gasteiger charge is 2.30. The molecule has 0 spiro atoms. The molecular weight excluding hydrogens is 312 g/mol. The molecule has 1 heterocycles. The number of benzene rings is 1. The van der Waals surface area contributed by atoms with Gasteiger partial charge in [0.15, 0.2) is 0 Å². The Morgan fingerprint density at radius 1 is 1.53 bits per heavy atom. The number of ether oxygens (including phenoxy) is 1. The fourth-order valence-electron chi connectivity index (χ4n) is 2.29. The molecule has 1 saturated heterocycles. The van der Waals surface area contributed by atoms with E-state index >= 15 is 0 Å². The molecule has 0 aliphatic carbocycles. The molecule has 0 N–H and O–H groups in total. The smallest absolute Gasteiger partial charge is 0.292 e. The zero-order valence-electron chi connectivity index (χ0n) is 11.1. The number of nitro benzene ring substituents is 1. The zero-order chi connectivity index (χ0) is 14.0. The summed E-state index contributed by atoms with van der Waals surface area (Å²) in [5.74, 6) is 0. The van der Waals surface area contributed by atoms with E-state index in [0.29, 0.717) is 30.7 Å². The summed E-state index contributed by atoms with van der Waals surface area (Å²) in [7, 11) is 0. The number of morpholine rings is 1. The van der Waals surface area contributed by atoms with Crippen LogP contribution in [-0.4, -0.2) is 30.2 Å². The molecule has 1 aliphatic rings. The molecule has 0 atom stereocenters. The zero-order valence-corrected chi connectivity index (χ0v) is 12.6. The van der Waals surface area contributed by atoms with E-state index in [1.54, 1.807) is 6.07 Å². The Labute approximate surface area is 120 Å². The maximum Gasteiger partial charge on any atom is 0.292 e. The van der Waals surface area contributed by atoms with Gasteiger partial charge in [-0.15, -0.1) is 0 Å². The Balaban J connectivity index is 2.35. The molecule has 0 radical (unpaired) electrons. The van der Waals surface area contributed by atoms with Crippen molar-refractivity contribution in [1.29, 1.82) is 0 Å². The molecular formula is C13H17BrN2O3. The minimum absolute atomic E-state index is 0.162. The Morgan fingerprint density at radius 3 is 2.84 bits per heavy atom. The maximum absolute atomic E-state index is 11.2. The predicted molar refractivity (Wildman–Crippen MR) is 78.0 cm³/mol. The van der Waals surface area contributed by atoms with Crippen molar-refractivity contribution in [3.63, 3.8) is 0 Å². The summed E-state index contributed by atoms with van der Waals surface area (Å²) in [5, 5.41) is 11.8. The molecule has 6 heteroatoms. The SMILES string of the molecule is CC1(C)CN(c2ccc(CBr)cc2[N+](=O)[O-])CCO1. The lowest BCUT2D eigenvalue weighted by Crippen LogP contribution is -2.48. The summed E-state index contributed by atoms with van der Waals surface area (Å²) in [6.07, 6.45) is 0. The van der Waals surface area contributed by atoms with Gasteiger partial charge in [0, 0.05) is 24.5 Å². The van der Waals surface area contributed by atoms with Crippen molar-refractivity contribution in [3.05, 3.63) is 33.9 Å². The third kappa shape index (κ3) is 3.25. The van der Waals surface area contributed by atoms with Gasteiger partial charge in [-0.25, -0.2) is 0 Å². The van der Waals surface area contributed by atoms with Crippen molar-refractivity contribution in [1.82, 2.24) is 0 Å². The fourth-order valence-corrected chi connectivity index (χ4v) is 2.64. The normalized spacial score (nSPS) is 18.4. The van der Waals surface area contributed by atoms with Crippen LogP contribution in [0.15, 0.2) is 18.2 Å². The lowest BCUT2D eigenvalue weighted by Gasteiger charge is -2.39. The second-order valence-electron chi connectivity index (χ2n) is 5.24. The first kappa shape index (κ1) is 14.3. The molecule has 1 aliphatic heterocycles. The summed E-state index contributed by atoms with van der Waals surface area (Å²) in [4.78, 5) is 12.9. The van der Waals surface area contributed by atoms with Crippen LogP contribution < -0.4 is 4.90 Å². The van der Waals surface area contributed by atoms with Crippen molar-refractivity contribution in [2.75, 3.05) is 24.6 Å². The average molecular weight is 329 g/mol. The third-order valence-corrected chi connectivity index (χ3v) is 3.80. The van der Waals surface area contributed by atoms with E-state index in [0.717, 1.165) is 5.56 Å². The molecule has 0 aromatic heterocycles. The van der Waals surface area contributed by atoms with Crippen LogP contribution in [0.1, 0.15) is 19.4 Å². The van der Waals surface area contributed by atoms with Crippen LogP contribution in [0.25, 0.3) is 0 Å². The predicted octanol–water partition coefficient (Wildman–Crippen LogP) is 3.10. The van der Waals surface area contributed by atoms with Crippen molar-refractivity contribution in [2.24, 2.45) is 0 Å². The molecule has 104 valence electrons. The van der Waals surface area contributed by atoms with Crippen LogP contribution in [0.2, 0.25) is 0 Å². The first-order valence-electron chi connectivity index (χ1n) is 6.15. The topological polar surface area (TPSA) is 55.6 Å². The lowest BCUT2D eigenvalue weighted by atomic mass is 10.1. The Kier molecular flexibility index (Phi) is 4.10. The largest absolute Gasteiger partial charge is 0.372 e. The van der Waals surface area contributed by atoms with Gasteiger partial charge in [-0.3, -0.25) is 10.1 Å². The van der Waals surface area contributed by atoms with Gasteiger partial charge >= 0.3 is 0 Å². The standard InChI is InChI=1S/C13H17BrN2O3/c1-13(2)9-15(5-6-19-13)11-4-3-10(8-14)7-12(11)16(17)18/h3-4,7H,5-6,8-9H2,1-2H3. The highest BCUT2D eigenvalue weighted by molar-refractivity contribution is 9.08. The Morgan fingerprint density at radius 2 is 2.26 bits per heavy atom. The number of alkyl halides is 1. The fraction of sp³-hybridized carbons (Fsp3) is 0.538. The van der Waals surface area contributed by atoms with Crippen molar-refractivity contribution in [2.45, 2.75) is 24.8 Å². The van der Waals surface area contributed by atoms with Gasteiger partial charge in [0.2, 0.25) is 0 Å². The second kappa shape index (κ2) is 5.46. The van der Waals surface area contributed by atoms with Crippen molar-refractivity contribution >= 4 is 27.3 Å². The molecule has 19 heavy (non-hydrogen) atoms. The highest BCUT2D eigenvalue weighted by Crippen LogP contribution is 2.32. The molecule has 1 fully saturated rings. The van der Waals surface area contributed by atoms with Gasteiger partial charge in [0.05, 0.1) is 17.1 Å². The number of nitro groups is 1. The van der Waals surface area contributed by atoms with Crippen molar-refractivity contribution < 1.29 is 9.66 Å². The van der Waals surface area contributed by atoms with Gasteiger partial charge in [0.1, 0.15) is 5.69 Å². The minimum Gasteiger partial charge on any atom is -0.372 e. The number of rotatable bonds is 3. The molecule has 2 rings (SSSR count). The highest BCUT2D eigenvalue weighted by atomic mass is 79.9. The van der Waals surface area contributed by atoms with E-state index in [1.807, 2.05) is 30.9 Å². The van der Waals surface area contributed by atoms with Crippen LogP contribution in [0.5, 0.6) is 0 Å². The van der Waals surface area contributed by atoms with Gasteiger partial charge in [-0.1, -0.05) is 22.0 Å². The van der Waals surface area contributed by atoms with Crippen LogP contribution in [-0.2, 0) is 10.1 Å². The minimum atomic E-state index is -0.316. The van der Waals surface area contributed by atoms with E-state index in [4.69, 9.17) is 4.74 Å². The summed E-state index contributed by atoms with van der Waals surface area (Å²) in [6.45, 7) is 5.92. The first-order valence-corrected chi connectivity index (χ1v) is 7.27. The molecule has 0 bridgehead atoms. The Hall–Kier alpha value is -1.14. The van der Waals surface area contributed by atoms with Gasteiger partial charge < -0.3 is 9.64 Å². The summed E-state index contributed by atoms with van der Waals surface area (Å²) >= 11 is 3.32. The number of hydrogen-bond donors (Lipinski definition) is 0. The molecule has 5 nitrogen and oxygen atoms in total. The number of nitrogens with zero attached hydrogens (tertiary/aromatic N) is 2. The van der Waals surface area contributed by atoms with Gasteiger partial charge in [-0.2, -0.15) is 0 Å². The monoisotopic (exact) mass is 328 g/mol. The van der Waals surface area contributed by atoms with Crippen LogP contribution in [0, 0.1) is 10.1 Å². The van der Waals surface area contributed by atoms with Crippen LogP contribution in [0.3, 0.4) is 0 Å². The number of hydrogen-bond acceptors (Lipinski definition) is 4. The average Bonchev–Trinajstić information content (AvgIpc) is 2.36. The molecule has 0 unspecified atom stereocenters. The quantitative estimate of drug-likeness (QED) is 0.486. The van der Waals surface area contributed by atoms with Crippen LogP contribution >= 0.6 is 15.9 Å². The van der Waals surface area contributed by atoms with E-state index in [9.17, 15) is 10.1 Å². The van der Waals surface area contributed by atoms with Crippen molar-refractivity contribution in [3.8, 4) is 0 Å². The van der Waals surface area contributed by atoms with Gasteiger partial charge in [-0.05, 0) is 25.5 Å². The van der Waals surface area contributed by atoms with E-state index in [1.165, 1.54) is 0 Å². The molecule has 0 saturated carbocycles. The number of halogens is 1. The van der Waals surface area contributed by atoms with E-state index in [2.05, 4.69) is 15.9 Å². The van der Waals surface area contributed by atoms with E-state index < -0.39 is 0 Å². The van der Waals surface area contributed by atoms with Gasteiger partial charge in [0.25, 0.3) is 5.69 Å². The van der Waals surface area contributed by atoms with Crippen LogP contribution in [0.4, 0.5) is 11.4 Å². The second-order valence-corrected chi connectivity index (χ2v) is 5.80. The third-order valence-electron chi connectivity index (χ3n) is 3.16. The summed E-state index contributed by atoms with van der Waals surface area (Å²) < 4.78 is 5.64. The summed E-state index contributed by atoms with van der Waals surface area (Å²) in [5.41, 5.74) is 1.46. The molecule has 0 amide bonds. The Bertz CT molecular complexity index is 491. The first-order chi connectivity index (χ1) is 8.93. The molecule has 1 aromatic carbocycles. The molecule has 1 aromatic rings. The summed E-state index contributed by atoms with van der Waals surface area (Å²) in [6, 6.07) is 5.38. The lowest BCUT2D eigenvalue weighted by molar-refractivity contribution is -0.384. The van der Waals surface area contributed by atoms with E-state index in [-0.39, 0.29) is 16.2 Å². The number of anilines is 1.